The third-order valence-corrected chi connectivity index (χ3v) is 5.45. The number of furan rings is 1. The second-order valence-electron chi connectivity index (χ2n) is 7.45. The van der Waals surface area contributed by atoms with Crippen molar-refractivity contribution in [1.82, 2.24) is 24.5 Å². The lowest BCUT2D eigenvalue weighted by molar-refractivity contribution is 0.196. The zero-order valence-electron chi connectivity index (χ0n) is 16.3. The number of hydrogen-bond acceptors (Lipinski definition) is 5. The van der Waals surface area contributed by atoms with E-state index in [4.69, 9.17) is 4.42 Å². The number of rotatable bonds is 5. The maximum absolute atomic E-state index is 10.7. The summed E-state index contributed by atoms with van der Waals surface area (Å²) in [5, 5.41) is 19.4. The minimum atomic E-state index is -0.765. The number of aliphatic hydroxyl groups excluding tert-OH is 1. The summed E-state index contributed by atoms with van der Waals surface area (Å²) in [4.78, 5) is 2.40. The molecule has 0 bridgehead atoms. The van der Waals surface area contributed by atoms with E-state index in [-0.39, 0.29) is 0 Å². The van der Waals surface area contributed by atoms with Crippen LogP contribution < -0.4 is 0 Å². The van der Waals surface area contributed by atoms with E-state index in [1.54, 1.807) is 17.1 Å². The first kappa shape index (κ1) is 17.9. The number of fused-ring (bicyclic) bond motifs is 1. The van der Waals surface area contributed by atoms with Gasteiger partial charge in [0, 0.05) is 38.4 Å². The van der Waals surface area contributed by atoms with Crippen molar-refractivity contribution >= 4 is 0 Å². The van der Waals surface area contributed by atoms with E-state index in [2.05, 4.69) is 39.4 Å². The van der Waals surface area contributed by atoms with Crippen molar-refractivity contribution in [2.24, 2.45) is 7.05 Å². The number of nitrogens with zero attached hydrogens (tertiary/aromatic N) is 5. The first-order valence-electron chi connectivity index (χ1n) is 9.75. The van der Waals surface area contributed by atoms with Crippen LogP contribution in [0.2, 0.25) is 0 Å². The molecule has 1 aliphatic rings. The molecule has 5 rings (SSSR count). The molecule has 3 aromatic heterocycles. The van der Waals surface area contributed by atoms with Crippen LogP contribution in [0.15, 0.2) is 65.4 Å². The minimum Gasteiger partial charge on any atom is -0.464 e. The zero-order chi connectivity index (χ0) is 19.8. The third kappa shape index (κ3) is 3.50. The van der Waals surface area contributed by atoms with Gasteiger partial charge in [-0.05, 0) is 35.9 Å². The Kier molecular flexibility index (Phi) is 4.54. The van der Waals surface area contributed by atoms with E-state index in [1.807, 2.05) is 36.0 Å². The highest BCUT2D eigenvalue weighted by Crippen LogP contribution is 2.25. The van der Waals surface area contributed by atoms with E-state index in [0.717, 1.165) is 48.9 Å². The Morgan fingerprint density at radius 3 is 2.86 bits per heavy atom. The number of benzene rings is 1. The molecule has 1 aliphatic heterocycles. The summed E-state index contributed by atoms with van der Waals surface area (Å²) in [6.07, 6.45) is 2.62. The lowest BCUT2D eigenvalue weighted by Crippen LogP contribution is -2.33. The van der Waals surface area contributed by atoms with Gasteiger partial charge in [0.15, 0.2) is 0 Å². The average Bonchev–Trinajstić information content (AvgIpc) is 3.48. The van der Waals surface area contributed by atoms with Crippen LogP contribution in [0.25, 0.3) is 11.3 Å². The van der Waals surface area contributed by atoms with Crippen LogP contribution >= 0.6 is 0 Å². The average molecular weight is 389 g/mol. The second kappa shape index (κ2) is 7.35. The normalized spacial score (nSPS) is 15.4. The second-order valence-corrected chi connectivity index (χ2v) is 7.45. The molecule has 0 unspecified atom stereocenters. The van der Waals surface area contributed by atoms with E-state index in [9.17, 15) is 5.11 Å². The largest absolute Gasteiger partial charge is 0.464 e. The first-order chi connectivity index (χ1) is 14.2. The van der Waals surface area contributed by atoms with Crippen molar-refractivity contribution in [3.8, 4) is 11.3 Å². The Hall–Kier alpha value is -3.16. The molecular formula is C22H23N5O2. The summed E-state index contributed by atoms with van der Waals surface area (Å²) < 4.78 is 9.21. The van der Waals surface area contributed by atoms with Gasteiger partial charge in [-0.2, -0.15) is 10.2 Å². The monoisotopic (exact) mass is 389 g/mol. The van der Waals surface area contributed by atoms with Gasteiger partial charge >= 0.3 is 0 Å². The third-order valence-electron chi connectivity index (χ3n) is 5.45. The van der Waals surface area contributed by atoms with Crippen molar-refractivity contribution in [3.63, 3.8) is 0 Å². The van der Waals surface area contributed by atoms with Gasteiger partial charge in [-0.15, -0.1) is 0 Å². The van der Waals surface area contributed by atoms with Crippen molar-refractivity contribution < 1.29 is 9.52 Å². The molecule has 4 heterocycles. The van der Waals surface area contributed by atoms with Crippen LogP contribution in [-0.2, 0) is 26.7 Å². The molecule has 148 valence electrons. The fraction of sp³-hybridized carbons (Fsp3) is 0.273. The Morgan fingerprint density at radius 2 is 2.07 bits per heavy atom. The summed E-state index contributed by atoms with van der Waals surface area (Å²) in [6.45, 7) is 3.39. The molecule has 29 heavy (non-hydrogen) atoms. The lowest BCUT2D eigenvalue weighted by Gasteiger charge is -2.27. The van der Waals surface area contributed by atoms with Crippen molar-refractivity contribution in [2.45, 2.75) is 25.7 Å². The maximum atomic E-state index is 10.7. The van der Waals surface area contributed by atoms with Gasteiger partial charge in [-0.3, -0.25) is 14.3 Å². The fourth-order valence-electron chi connectivity index (χ4n) is 3.94. The number of aromatic nitrogens is 4. The molecule has 1 aromatic carbocycles. The Labute approximate surface area is 168 Å². The van der Waals surface area contributed by atoms with Crippen LogP contribution in [0.4, 0.5) is 0 Å². The molecule has 0 radical (unpaired) electrons. The van der Waals surface area contributed by atoms with Crippen LogP contribution in [0, 0.1) is 0 Å². The molecule has 0 spiro atoms. The van der Waals surface area contributed by atoms with E-state index in [1.165, 1.54) is 5.56 Å². The summed E-state index contributed by atoms with van der Waals surface area (Å²) in [5.41, 5.74) is 4.88. The van der Waals surface area contributed by atoms with Crippen molar-refractivity contribution in [1.29, 1.82) is 0 Å². The quantitative estimate of drug-likeness (QED) is 0.568. The summed E-state index contributed by atoms with van der Waals surface area (Å²) in [5.74, 6) is 0.886. The summed E-state index contributed by atoms with van der Waals surface area (Å²) in [7, 11) is 1.83. The van der Waals surface area contributed by atoms with E-state index >= 15 is 0 Å². The molecule has 0 aliphatic carbocycles. The minimum absolute atomic E-state index is 0.672. The van der Waals surface area contributed by atoms with Crippen molar-refractivity contribution in [3.05, 3.63) is 83.6 Å². The fourth-order valence-corrected chi connectivity index (χ4v) is 3.94. The highest BCUT2D eigenvalue weighted by atomic mass is 16.3. The number of aryl methyl sites for hydroxylation is 1. The number of aliphatic hydroxyl groups is 1. The number of hydrogen-bond donors (Lipinski definition) is 1. The molecule has 7 heteroatoms. The Bertz CT molecular complexity index is 1110. The van der Waals surface area contributed by atoms with Gasteiger partial charge in [0.25, 0.3) is 0 Å². The molecule has 1 atom stereocenters. The molecule has 0 saturated heterocycles. The molecule has 0 saturated carbocycles. The Balaban J connectivity index is 1.31. The molecule has 0 fully saturated rings. The van der Waals surface area contributed by atoms with Gasteiger partial charge in [-0.25, -0.2) is 0 Å². The molecular weight excluding hydrogens is 366 g/mol. The smallest absolute Gasteiger partial charge is 0.139 e. The zero-order valence-corrected chi connectivity index (χ0v) is 16.3. The Morgan fingerprint density at radius 1 is 1.14 bits per heavy atom. The van der Waals surface area contributed by atoms with Crippen LogP contribution in [0.5, 0.6) is 0 Å². The first-order valence-corrected chi connectivity index (χ1v) is 9.75. The van der Waals surface area contributed by atoms with Crippen LogP contribution in [-0.4, -0.2) is 36.1 Å². The van der Waals surface area contributed by atoms with E-state index < -0.39 is 6.10 Å². The van der Waals surface area contributed by atoms with Crippen molar-refractivity contribution in [2.75, 3.05) is 6.54 Å². The topological polar surface area (TPSA) is 72.2 Å². The lowest BCUT2D eigenvalue weighted by atomic mass is 10.1. The van der Waals surface area contributed by atoms with Crippen LogP contribution in [0.3, 0.4) is 0 Å². The summed E-state index contributed by atoms with van der Waals surface area (Å²) in [6, 6.07) is 16.2. The van der Waals surface area contributed by atoms with Gasteiger partial charge in [-0.1, -0.05) is 18.2 Å². The highest BCUT2D eigenvalue weighted by Gasteiger charge is 2.23. The molecule has 7 nitrogen and oxygen atoms in total. The van der Waals surface area contributed by atoms with E-state index in [0.29, 0.717) is 5.69 Å². The molecule has 4 aromatic rings. The van der Waals surface area contributed by atoms with Gasteiger partial charge in [0.2, 0.25) is 0 Å². The maximum Gasteiger partial charge on any atom is 0.139 e. The summed E-state index contributed by atoms with van der Waals surface area (Å²) >= 11 is 0. The van der Waals surface area contributed by atoms with Crippen LogP contribution in [0.1, 0.15) is 28.7 Å². The highest BCUT2D eigenvalue weighted by molar-refractivity contribution is 5.58. The molecule has 0 amide bonds. The molecule has 1 N–H and O–H groups in total. The SMILES string of the molecule is Cn1nccc1[C@@H](O)c1cc2n(n1)CCN(Cc1cccc(-c3ccco3)c1)C2. The standard InChI is InChI=1S/C22H23N5O2/c1-25-20(7-8-23-25)22(28)19-13-18-15-26(9-10-27(18)24-19)14-16-4-2-5-17(12-16)21-6-3-11-29-21/h2-8,11-13,22,28H,9-10,14-15H2,1H3/t22-/m0/s1. The predicted octanol–water partition coefficient (Wildman–Crippen LogP) is 2.97. The van der Waals surface area contributed by atoms with Gasteiger partial charge in [0.05, 0.1) is 29.9 Å². The predicted molar refractivity (Wildman–Crippen MR) is 108 cm³/mol. The van der Waals surface area contributed by atoms with Gasteiger partial charge < -0.3 is 9.52 Å². The van der Waals surface area contributed by atoms with Gasteiger partial charge in [0.1, 0.15) is 11.9 Å².